The zero-order valence-corrected chi connectivity index (χ0v) is 8.72. The largest absolute Gasteiger partial charge is 0.345 e. The van der Waals surface area contributed by atoms with Gasteiger partial charge in [0, 0.05) is 0 Å². The molecule has 0 saturated carbocycles. The van der Waals surface area contributed by atoms with Crippen LogP contribution in [-0.4, -0.2) is 24.9 Å². The molecule has 0 rings (SSSR count). The summed E-state index contributed by atoms with van der Waals surface area (Å²) >= 11 is 0. The number of hydrogen-bond acceptors (Lipinski definition) is 1. The molecule has 0 aliphatic carbocycles. The summed E-state index contributed by atoms with van der Waals surface area (Å²) in [5.74, 6) is 0. The lowest BCUT2D eigenvalue weighted by molar-refractivity contribution is 0.320. The van der Waals surface area contributed by atoms with Gasteiger partial charge in [0.25, 0.3) is 0 Å². The number of halogens is 1. The lowest BCUT2D eigenvalue weighted by Crippen LogP contribution is -2.34. The van der Waals surface area contributed by atoms with Crippen LogP contribution in [0, 0.1) is 0 Å². The van der Waals surface area contributed by atoms with E-state index in [1.165, 1.54) is 0 Å². The molecule has 9 heavy (non-hydrogen) atoms. The van der Waals surface area contributed by atoms with E-state index in [0.29, 0.717) is 12.1 Å². The average molecular weight is 194 g/mol. The van der Waals surface area contributed by atoms with Crippen molar-refractivity contribution in [1.82, 2.24) is 4.81 Å². The summed E-state index contributed by atoms with van der Waals surface area (Å²) in [4.78, 5) is 2.33. The molecule has 0 saturated heterocycles. The quantitative estimate of drug-likeness (QED) is 0.597. The minimum atomic E-state index is 0. The number of hydrogen-bond donors (Lipinski definition) is 0. The lowest BCUT2D eigenvalue weighted by atomic mass is 10.1. The van der Waals surface area contributed by atoms with E-state index in [1.807, 2.05) is 0 Å². The van der Waals surface area contributed by atoms with Crippen LogP contribution in [0.2, 0.25) is 0 Å². The monoisotopic (exact) mass is 193 g/mol. The Morgan fingerprint density at radius 3 is 1.22 bits per heavy atom. The van der Waals surface area contributed by atoms with Gasteiger partial charge in [-0.15, -0.1) is 17.0 Å². The summed E-state index contributed by atoms with van der Waals surface area (Å²) < 4.78 is 0. The zero-order valence-electron chi connectivity index (χ0n) is 7.01. The second kappa shape index (κ2) is 5.30. The fourth-order valence-corrected chi connectivity index (χ4v) is 0.596. The smallest absolute Gasteiger partial charge is 0.186 e. The van der Waals surface area contributed by atoms with Crippen molar-refractivity contribution >= 4 is 25.0 Å². The van der Waals surface area contributed by atoms with Crippen molar-refractivity contribution in [3.63, 3.8) is 0 Å². The van der Waals surface area contributed by atoms with Gasteiger partial charge in [-0.1, -0.05) is 27.7 Å². The molecule has 0 aliphatic heterocycles. The van der Waals surface area contributed by atoms with Crippen LogP contribution in [-0.2, 0) is 0 Å². The van der Waals surface area contributed by atoms with E-state index in [-0.39, 0.29) is 17.0 Å². The first-order valence-electron chi connectivity index (χ1n) is 3.27. The third-order valence-corrected chi connectivity index (χ3v) is 1.63. The van der Waals surface area contributed by atoms with E-state index < -0.39 is 0 Å². The van der Waals surface area contributed by atoms with E-state index in [1.54, 1.807) is 0 Å². The number of rotatable bonds is 2. The standard InChI is InChI=1S/C6H16BN.BrH/c1-5(2)8(7)6(3)4;/h5-6H,7H2,1-4H3;1H. The molecule has 56 valence electrons. The van der Waals surface area contributed by atoms with Crippen LogP contribution >= 0.6 is 17.0 Å². The first-order chi connectivity index (χ1) is 3.55. The molecule has 0 unspecified atom stereocenters. The second-order valence-corrected chi connectivity index (χ2v) is 2.85. The zero-order chi connectivity index (χ0) is 6.73. The maximum atomic E-state index is 2.33. The van der Waals surface area contributed by atoms with Gasteiger partial charge in [0.1, 0.15) is 0 Å². The molecule has 0 bridgehead atoms. The van der Waals surface area contributed by atoms with Crippen LogP contribution in [0.1, 0.15) is 27.7 Å². The summed E-state index contributed by atoms with van der Waals surface area (Å²) in [5, 5.41) is 0. The van der Waals surface area contributed by atoms with Gasteiger partial charge in [0.2, 0.25) is 0 Å². The van der Waals surface area contributed by atoms with E-state index in [0.717, 1.165) is 0 Å². The number of nitrogens with zero attached hydrogens (tertiary/aromatic N) is 1. The van der Waals surface area contributed by atoms with Gasteiger partial charge in [-0.25, -0.2) is 0 Å². The Morgan fingerprint density at radius 2 is 1.22 bits per heavy atom. The maximum absolute atomic E-state index is 2.33. The molecule has 0 fully saturated rings. The first kappa shape index (κ1) is 12.2. The Labute approximate surface area is 70.0 Å². The van der Waals surface area contributed by atoms with Crippen molar-refractivity contribution in [3.8, 4) is 0 Å². The van der Waals surface area contributed by atoms with Crippen molar-refractivity contribution in [2.45, 2.75) is 39.8 Å². The lowest BCUT2D eigenvalue weighted by Gasteiger charge is -2.25. The second-order valence-electron chi connectivity index (χ2n) is 2.85. The van der Waals surface area contributed by atoms with Gasteiger partial charge in [-0.2, -0.15) is 0 Å². The highest BCUT2D eigenvalue weighted by atomic mass is 79.9. The highest BCUT2D eigenvalue weighted by molar-refractivity contribution is 8.93. The van der Waals surface area contributed by atoms with Gasteiger partial charge in [-0.05, 0) is 12.1 Å². The molecule has 0 spiro atoms. The summed E-state index contributed by atoms with van der Waals surface area (Å²) in [6.07, 6.45) is 0. The van der Waals surface area contributed by atoms with Crippen LogP contribution < -0.4 is 0 Å². The maximum Gasteiger partial charge on any atom is 0.186 e. The van der Waals surface area contributed by atoms with Gasteiger partial charge >= 0.3 is 0 Å². The molecular weight excluding hydrogens is 177 g/mol. The Hall–Kier alpha value is 0.505. The van der Waals surface area contributed by atoms with Crippen molar-refractivity contribution in [3.05, 3.63) is 0 Å². The third kappa shape index (κ3) is 4.98. The van der Waals surface area contributed by atoms with Crippen LogP contribution in [0.5, 0.6) is 0 Å². The molecule has 0 amide bonds. The van der Waals surface area contributed by atoms with Crippen LogP contribution in [0.15, 0.2) is 0 Å². The normalized spacial score (nSPS) is 10.6. The third-order valence-electron chi connectivity index (χ3n) is 1.63. The molecular formula is C6H17BBrN. The van der Waals surface area contributed by atoms with Gasteiger partial charge in [0.05, 0.1) is 0 Å². The highest BCUT2D eigenvalue weighted by Crippen LogP contribution is 1.97. The molecule has 1 nitrogen and oxygen atoms in total. The van der Waals surface area contributed by atoms with Gasteiger partial charge in [0.15, 0.2) is 7.98 Å². The van der Waals surface area contributed by atoms with E-state index in [9.17, 15) is 0 Å². The molecule has 0 N–H and O–H groups in total. The van der Waals surface area contributed by atoms with Crippen LogP contribution in [0.25, 0.3) is 0 Å². The highest BCUT2D eigenvalue weighted by Gasteiger charge is 2.04. The molecule has 0 aliphatic rings. The Morgan fingerprint density at radius 1 is 1.00 bits per heavy atom. The topological polar surface area (TPSA) is 3.24 Å². The molecule has 0 aromatic heterocycles. The van der Waals surface area contributed by atoms with Crippen molar-refractivity contribution in [2.24, 2.45) is 0 Å². The Kier molecular flexibility index (Phi) is 7.19. The predicted molar refractivity (Wildman–Crippen MR) is 51.0 cm³/mol. The van der Waals surface area contributed by atoms with E-state index >= 15 is 0 Å². The fraction of sp³-hybridized carbons (Fsp3) is 1.00. The predicted octanol–water partition coefficient (Wildman–Crippen LogP) is 1.23. The minimum Gasteiger partial charge on any atom is -0.345 e. The fourth-order valence-electron chi connectivity index (χ4n) is 0.596. The average Bonchev–Trinajstić information content (AvgIpc) is 1.64. The minimum absolute atomic E-state index is 0. The summed E-state index contributed by atoms with van der Waals surface area (Å²) in [6.45, 7) is 8.83. The Bertz CT molecular complexity index is 58.1. The summed E-state index contributed by atoms with van der Waals surface area (Å²) in [7, 11) is 2.15. The summed E-state index contributed by atoms with van der Waals surface area (Å²) in [6, 6.07) is 1.35. The molecule has 3 heteroatoms. The Balaban J connectivity index is 0. The molecule has 0 aromatic rings. The van der Waals surface area contributed by atoms with Crippen LogP contribution in [0.4, 0.5) is 0 Å². The van der Waals surface area contributed by atoms with Crippen molar-refractivity contribution < 1.29 is 0 Å². The van der Waals surface area contributed by atoms with Crippen molar-refractivity contribution in [2.75, 3.05) is 0 Å². The van der Waals surface area contributed by atoms with E-state index in [2.05, 4.69) is 40.5 Å². The SMILES string of the molecule is BN(C(C)C)C(C)C.Br. The molecule has 0 atom stereocenters. The van der Waals surface area contributed by atoms with E-state index in [4.69, 9.17) is 0 Å². The summed E-state index contributed by atoms with van der Waals surface area (Å²) in [5.41, 5.74) is 0. The van der Waals surface area contributed by atoms with Crippen LogP contribution in [0.3, 0.4) is 0 Å². The molecule has 0 aromatic carbocycles. The molecule has 0 radical (unpaired) electrons. The first-order valence-corrected chi connectivity index (χ1v) is 3.27. The van der Waals surface area contributed by atoms with Gasteiger partial charge < -0.3 is 4.81 Å². The van der Waals surface area contributed by atoms with Gasteiger partial charge in [-0.3, -0.25) is 0 Å². The molecule has 0 heterocycles. The van der Waals surface area contributed by atoms with Crippen molar-refractivity contribution in [1.29, 1.82) is 0 Å².